The number of ether oxygens (including phenoxy) is 1. The predicted octanol–water partition coefficient (Wildman–Crippen LogP) is 4.78. The first-order valence-electron chi connectivity index (χ1n) is 8.80. The maximum Gasteiger partial charge on any atom is 0.251 e. The summed E-state index contributed by atoms with van der Waals surface area (Å²) >= 11 is 15.9. The van der Waals surface area contributed by atoms with Gasteiger partial charge in [0, 0.05) is 26.9 Å². The van der Waals surface area contributed by atoms with E-state index in [9.17, 15) is 9.59 Å². The van der Waals surface area contributed by atoms with Gasteiger partial charge in [-0.25, -0.2) is 0 Å². The molecule has 1 spiro atoms. The van der Waals surface area contributed by atoms with Crippen LogP contribution in [0.3, 0.4) is 0 Å². The molecule has 2 atom stereocenters. The molecule has 8 heteroatoms. The number of thioether (sulfide) groups is 2. The fraction of sp³-hybridized carbons (Fsp3) is 0.474. The van der Waals surface area contributed by atoms with Gasteiger partial charge in [-0.1, -0.05) is 43.1 Å². The van der Waals surface area contributed by atoms with Crippen LogP contribution in [0.1, 0.15) is 25.8 Å². The molecule has 27 heavy (non-hydrogen) atoms. The number of amides is 1. The first-order valence-corrected chi connectivity index (χ1v) is 11.6. The van der Waals surface area contributed by atoms with Crippen molar-refractivity contribution in [2.75, 3.05) is 18.1 Å². The van der Waals surface area contributed by atoms with Crippen LogP contribution in [-0.4, -0.2) is 45.7 Å². The Morgan fingerprint density at radius 1 is 1.22 bits per heavy atom. The number of halogens is 2. The minimum absolute atomic E-state index is 0.0152. The molecule has 0 saturated carbocycles. The third kappa shape index (κ3) is 3.92. The lowest BCUT2D eigenvalue weighted by atomic mass is 9.95. The molecule has 2 unspecified atom stereocenters. The molecule has 1 aliphatic carbocycles. The third-order valence-electron chi connectivity index (χ3n) is 4.63. The monoisotopic (exact) mass is 445 g/mol. The molecule has 0 N–H and O–H groups in total. The lowest BCUT2D eigenvalue weighted by Crippen LogP contribution is -2.56. The number of hydrogen-bond acceptors (Lipinski definition) is 5. The molecule has 1 amide bonds. The Morgan fingerprint density at radius 2 is 1.93 bits per heavy atom. The van der Waals surface area contributed by atoms with Gasteiger partial charge < -0.3 is 9.64 Å². The van der Waals surface area contributed by atoms with E-state index >= 15 is 0 Å². The minimum Gasteiger partial charge on any atom is -0.340 e. The summed E-state index contributed by atoms with van der Waals surface area (Å²) in [6.45, 7) is 4.29. The van der Waals surface area contributed by atoms with Crippen LogP contribution in [0, 0.1) is 0 Å². The first-order chi connectivity index (χ1) is 12.9. The molecule has 1 heterocycles. The van der Waals surface area contributed by atoms with Gasteiger partial charge in [0.25, 0.3) is 5.91 Å². The van der Waals surface area contributed by atoms with Crippen LogP contribution < -0.4 is 0 Å². The van der Waals surface area contributed by atoms with Crippen molar-refractivity contribution < 1.29 is 14.3 Å². The molecule has 0 radical (unpaired) electrons. The average Bonchev–Trinajstić information content (AvgIpc) is 2.94. The van der Waals surface area contributed by atoms with Crippen LogP contribution in [0.5, 0.6) is 0 Å². The lowest BCUT2D eigenvalue weighted by molar-refractivity contribution is -0.133. The molecule has 3 rings (SSSR count). The van der Waals surface area contributed by atoms with Crippen molar-refractivity contribution in [3.05, 3.63) is 44.8 Å². The van der Waals surface area contributed by atoms with Gasteiger partial charge in [-0.2, -0.15) is 11.8 Å². The Kier molecular flexibility index (Phi) is 6.85. The summed E-state index contributed by atoms with van der Waals surface area (Å²) in [6, 6.07) is 5.30. The van der Waals surface area contributed by atoms with Crippen LogP contribution >= 0.6 is 46.7 Å². The molecule has 2 aliphatic rings. The number of carbonyl (C=O) groups is 2. The number of allylic oxidation sites excluding steroid dienone is 1. The summed E-state index contributed by atoms with van der Waals surface area (Å²) in [4.78, 5) is 27.7. The average molecular weight is 446 g/mol. The maximum absolute atomic E-state index is 12.8. The first kappa shape index (κ1) is 21.1. The smallest absolute Gasteiger partial charge is 0.251 e. The van der Waals surface area contributed by atoms with Gasteiger partial charge in [-0.15, -0.1) is 11.8 Å². The van der Waals surface area contributed by atoms with Crippen molar-refractivity contribution in [1.29, 1.82) is 0 Å². The van der Waals surface area contributed by atoms with Gasteiger partial charge in [0.2, 0.25) is 0 Å². The fourth-order valence-electron chi connectivity index (χ4n) is 3.49. The Balaban J connectivity index is 2.09. The topological polar surface area (TPSA) is 46.6 Å². The van der Waals surface area contributed by atoms with E-state index in [4.69, 9.17) is 27.9 Å². The number of carbonyl (C=O) groups excluding carboxylic acids is 2. The highest BCUT2D eigenvalue weighted by Crippen LogP contribution is 2.49. The molecule has 0 bridgehead atoms. The van der Waals surface area contributed by atoms with Crippen LogP contribution in [0.15, 0.2) is 29.2 Å². The van der Waals surface area contributed by atoms with Crippen molar-refractivity contribution in [2.24, 2.45) is 0 Å². The molecule has 1 fully saturated rings. The van der Waals surface area contributed by atoms with Gasteiger partial charge in [-0.3, -0.25) is 9.59 Å². The van der Waals surface area contributed by atoms with E-state index in [1.54, 1.807) is 52.7 Å². The molecule has 1 saturated heterocycles. The van der Waals surface area contributed by atoms with Crippen LogP contribution in [0.4, 0.5) is 0 Å². The van der Waals surface area contributed by atoms with Crippen molar-refractivity contribution in [2.45, 2.75) is 37.8 Å². The number of nitrogens with zero attached hydrogens (tertiary/aromatic N) is 1. The quantitative estimate of drug-likeness (QED) is 0.630. The third-order valence-corrected chi connectivity index (χ3v) is 7.57. The zero-order valence-corrected chi connectivity index (χ0v) is 18.3. The summed E-state index contributed by atoms with van der Waals surface area (Å²) < 4.78 is 6.16. The van der Waals surface area contributed by atoms with Crippen molar-refractivity contribution >= 4 is 58.4 Å². The second-order valence-corrected chi connectivity index (χ2v) is 9.82. The SMILES string of the molecule is CCSC1=CC(=O)CC(SCC)C12OCC(=O)N2Cc1c(Cl)cccc1Cl. The number of ketones is 1. The van der Waals surface area contributed by atoms with E-state index in [1.165, 1.54) is 0 Å². The molecule has 1 aliphatic heterocycles. The Labute approximate surface area is 178 Å². The summed E-state index contributed by atoms with van der Waals surface area (Å²) in [6.07, 6.45) is 1.98. The summed E-state index contributed by atoms with van der Waals surface area (Å²) in [5.74, 6) is 1.55. The second-order valence-electron chi connectivity index (χ2n) is 6.22. The highest BCUT2D eigenvalue weighted by atomic mass is 35.5. The molecule has 1 aromatic carbocycles. The summed E-state index contributed by atoms with van der Waals surface area (Å²) in [5.41, 5.74) is -0.258. The van der Waals surface area contributed by atoms with E-state index in [0.717, 1.165) is 16.4 Å². The van der Waals surface area contributed by atoms with Crippen molar-refractivity contribution in [3.8, 4) is 0 Å². The minimum atomic E-state index is -0.950. The van der Waals surface area contributed by atoms with Gasteiger partial charge in [-0.05, 0) is 29.7 Å². The lowest BCUT2D eigenvalue weighted by Gasteiger charge is -2.45. The fourth-order valence-corrected chi connectivity index (χ4v) is 6.36. The Hall–Kier alpha value is -0.660. The molecule has 1 aromatic rings. The molecular weight excluding hydrogens is 425 g/mol. The summed E-state index contributed by atoms with van der Waals surface area (Å²) in [5, 5.41) is 0.858. The van der Waals surface area contributed by atoms with Gasteiger partial charge in [0.15, 0.2) is 11.5 Å². The Morgan fingerprint density at radius 3 is 2.56 bits per heavy atom. The molecule has 4 nitrogen and oxygen atoms in total. The van der Waals surface area contributed by atoms with Crippen LogP contribution in [0.2, 0.25) is 10.0 Å². The van der Waals surface area contributed by atoms with Crippen LogP contribution in [-0.2, 0) is 20.9 Å². The van der Waals surface area contributed by atoms with Crippen LogP contribution in [0.25, 0.3) is 0 Å². The number of rotatable bonds is 6. The zero-order chi connectivity index (χ0) is 19.6. The summed E-state index contributed by atoms with van der Waals surface area (Å²) in [7, 11) is 0. The number of hydrogen-bond donors (Lipinski definition) is 0. The van der Waals surface area contributed by atoms with Gasteiger partial charge in [0.05, 0.1) is 11.8 Å². The van der Waals surface area contributed by atoms with E-state index in [0.29, 0.717) is 22.0 Å². The molecular formula is C19H21Cl2NO3S2. The maximum atomic E-state index is 12.8. The molecule has 146 valence electrons. The van der Waals surface area contributed by atoms with Crippen molar-refractivity contribution in [3.63, 3.8) is 0 Å². The van der Waals surface area contributed by atoms with Gasteiger partial charge in [0.1, 0.15) is 6.61 Å². The van der Waals surface area contributed by atoms with E-state index in [2.05, 4.69) is 0 Å². The standard InChI is InChI=1S/C19H21Cl2NO3S2/c1-3-26-16-8-12(23)9-17(27-4-2)19(16)22(18(24)11-25-19)10-13-14(20)6-5-7-15(13)21/h5-8,17H,3-4,9-11H2,1-2H3. The van der Waals surface area contributed by atoms with E-state index < -0.39 is 5.72 Å². The van der Waals surface area contributed by atoms with Gasteiger partial charge >= 0.3 is 0 Å². The highest BCUT2D eigenvalue weighted by molar-refractivity contribution is 8.03. The van der Waals surface area contributed by atoms with E-state index in [1.807, 2.05) is 13.8 Å². The Bertz CT molecular complexity index is 766. The number of benzene rings is 1. The normalized spacial score (nSPS) is 25.4. The van der Waals surface area contributed by atoms with Crippen molar-refractivity contribution in [1.82, 2.24) is 4.90 Å². The largest absolute Gasteiger partial charge is 0.340 e. The molecule has 0 aromatic heterocycles. The highest BCUT2D eigenvalue weighted by Gasteiger charge is 2.57. The van der Waals surface area contributed by atoms with E-state index in [-0.39, 0.29) is 30.1 Å². The predicted molar refractivity (Wildman–Crippen MR) is 113 cm³/mol. The second kappa shape index (κ2) is 8.78. The zero-order valence-electron chi connectivity index (χ0n) is 15.2.